The van der Waals surface area contributed by atoms with Crippen LogP contribution in [0.15, 0.2) is 17.0 Å². The van der Waals surface area contributed by atoms with Crippen molar-refractivity contribution in [1.82, 2.24) is 0 Å². The van der Waals surface area contributed by atoms with Crippen LogP contribution in [0.5, 0.6) is 0 Å². The van der Waals surface area contributed by atoms with E-state index in [-0.39, 0.29) is 32.2 Å². The fourth-order valence-corrected chi connectivity index (χ4v) is 4.70. The summed E-state index contributed by atoms with van der Waals surface area (Å²) in [6.07, 6.45) is 2.81. The van der Waals surface area contributed by atoms with Gasteiger partial charge in [0.05, 0.1) is 26.3 Å². The zero-order valence-electron chi connectivity index (χ0n) is 9.90. The summed E-state index contributed by atoms with van der Waals surface area (Å²) in [5.74, 6) is -1.19. The van der Waals surface area contributed by atoms with Crippen molar-refractivity contribution in [2.75, 3.05) is 5.75 Å². The quantitative estimate of drug-likeness (QED) is 0.923. The van der Waals surface area contributed by atoms with E-state index in [0.717, 1.165) is 19.3 Å². The standard InChI is InChI=1S/C12H12Cl2O4S/c13-8-4-5-9(11(14)10(8)12(15)16)19(17,18)6-7-2-1-3-7/h4-5,7H,1-3,6H2,(H,15,16). The lowest BCUT2D eigenvalue weighted by Gasteiger charge is -2.25. The lowest BCUT2D eigenvalue weighted by molar-refractivity contribution is 0.0697. The van der Waals surface area contributed by atoms with Gasteiger partial charge in [0.25, 0.3) is 0 Å². The van der Waals surface area contributed by atoms with E-state index >= 15 is 0 Å². The van der Waals surface area contributed by atoms with Crippen LogP contribution in [0, 0.1) is 5.92 Å². The van der Waals surface area contributed by atoms with Crippen LogP contribution in [0.3, 0.4) is 0 Å². The first-order chi connectivity index (χ1) is 8.83. The highest BCUT2D eigenvalue weighted by Crippen LogP contribution is 2.35. The molecule has 1 aromatic carbocycles. The molecule has 7 heteroatoms. The smallest absolute Gasteiger partial charge is 0.338 e. The summed E-state index contributed by atoms with van der Waals surface area (Å²) in [4.78, 5) is 10.9. The van der Waals surface area contributed by atoms with Crippen molar-refractivity contribution in [3.05, 3.63) is 27.7 Å². The first-order valence-electron chi connectivity index (χ1n) is 5.77. The highest BCUT2D eigenvalue weighted by Gasteiger charge is 2.29. The van der Waals surface area contributed by atoms with Crippen molar-refractivity contribution in [3.8, 4) is 0 Å². The van der Waals surface area contributed by atoms with Crippen LogP contribution in [-0.2, 0) is 9.84 Å². The molecule has 2 rings (SSSR count). The number of carboxylic acids is 1. The summed E-state index contributed by atoms with van der Waals surface area (Å²) in [7, 11) is -3.58. The molecule has 0 saturated heterocycles. The van der Waals surface area contributed by atoms with Crippen molar-refractivity contribution in [1.29, 1.82) is 0 Å². The zero-order valence-corrected chi connectivity index (χ0v) is 12.2. The first kappa shape index (κ1) is 14.6. The lowest BCUT2D eigenvalue weighted by atomic mass is 9.87. The van der Waals surface area contributed by atoms with Gasteiger partial charge in [-0.3, -0.25) is 0 Å². The normalized spacial score (nSPS) is 16.1. The average molecular weight is 323 g/mol. The Morgan fingerprint density at radius 2 is 1.95 bits per heavy atom. The number of carbonyl (C=O) groups is 1. The Labute approximate surface area is 121 Å². The van der Waals surface area contributed by atoms with Gasteiger partial charge in [-0.2, -0.15) is 0 Å². The maximum atomic E-state index is 12.2. The highest BCUT2D eigenvalue weighted by atomic mass is 35.5. The Balaban J connectivity index is 2.44. The van der Waals surface area contributed by atoms with Gasteiger partial charge in [0.1, 0.15) is 0 Å². The molecule has 104 valence electrons. The summed E-state index contributed by atoms with van der Waals surface area (Å²) in [5.41, 5.74) is -0.363. The third-order valence-corrected chi connectivity index (χ3v) is 6.02. The van der Waals surface area contributed by atoms with Crippen molar-refractivity contribution in [2.45, 2.75) is 24.2 Å². The minimum Gasteiger partial charge on any atom is -0.478 e. The van der Waals surface area contributed by atoms with Crippen molar-refractivity contribution in [2.24, 2.45) is 5.92 Å². The molecule has 0 aromatic heterocycles. The molecule has 0 bridgehead atoms. The Hall–Kier alpha value is -0.780. The van der Waals surface area contributed by atoms with Gasteiger partial charge < -0.3 is 5.11 Å². The molecule has 19 heavy (non-hydrogen) atoms. The molecule has 0 atom stereocenters. The van der Waals surface area contributed by atoms with E-state index < -0.39 is 15.8 Å². The number of halogens is 2. The summed E-state index contributed by atoms with van der Waals surface area (Å²) in [6.45, 7) is 0. The summed E-state index contributed by atoms with van der Waals surface area (Å²) < 4.78 is 24.4. The molecule has 1 N–H and O–H groups in total. The van der Waals surface area contributed by atoms with E-state index in [1.165, 1.54) is 12.1 Å². The van der Waals surface area contributed by atoms with Gasteiger partial charge in [0, 0.05) is 0 Å². The van der Waals surface area contributed by atoms with Crippen molar-refractivity contribution < 1.29 is 18.3 Å². The van der Waals surface area contributed by atoms with Crippen LogP contribution in [0.25, 0.3) is 0 Å². The Bertz CT molecular complexity index is 621. The Morgan fingerprint density at radius 1 is 1.32 bits per heavy atom. The predicted octanol–water partition coefficient (Wildman–Crippen LogP) is 3.27. The fraction of sp³-hybridized carbons (Fsp3) is 0.417. The molecule has 0 spiro atoms. The van der Waals surface area contributed by atoms with Gasteiger partial charge >= 0.3 is 5.97 Å². The molecule has 0 heterocycles. The molecule has 4 nitrogen and oxygen atoms in total. The van der Waals surface area contributed by atoms with Crippen LogP contribution >= 0.6 is 23.2 Å². The summed E-state index contributed by atoms with van der Waals surface area (Å²) >= 11 is 11.6. The van der Waals surface area contributed by atoms with Crippen LogP contribution in [-0.4, -0.2) is 25.2 Å². The largest absolute Gasteiger partial charge is 0.478 e. The molecular formula is C12H12Cl2O4S. The SMILES string of the molecule is O=C(O)c1c(Cl)ccc(S(=O)(=O)CC2CCC2)c1Cl. The van der Waals surface area contributed by atoms with Crippen molar-refractivity contribution in [3.63, 3.8) is 0 Å². The van der Waals surface area contributed by atoms with Gasteiger partial charge in [0.2, 0.25) is 0 Å². The molecule has 0 radical (unpaired) electrons. The van der Waals surface area contributed by atoms with Gasteiger partial charge in [-0.05, 0) is 30.9 Å². The van der Waals surface area contributed by atoms with Crippen LogP contribution in [0.2, 0.25) is 10.0 Å². The average Bonchev–Trinajstić information content (AvgIpc) is 2.23. The van der Waals surface area contributed by atoms with E-state index in [1.54, 1.807) is 0 Å². The number of sulfone groups is 1. The number of hydrogen-bond acceptors (Lipinski definition) is 3. The molecule has 0 aliphatic heterocycles. The molecule has 1 saturated carbocycles. The van der Waals surface area contributed by atoms with E-state index in [9.17, 15) is 13.2 Å². The first-order valence-corrected chi connectivity index (χ1v) is 8.18. The Kier molecular flexibility index (Phi) is 4.08. The number of aromatic carboxylic acids is 1. The highest BCUT2D eigenvalue weighted by molar-refractivity contribution is 7.91. The van der Waals surface area contributed by atoms with Gasteiger partial charge in [-0.25, -0.2) is 13.2 Å². The Morgan fingerprint density at radius 3 is 2.42 bits per heavy atom. The van der Waals surface area contributed by atoms with Gasteiger partial charge in [0.15, 0.2) is 9.84 Å². The monoisotopic (exact) mass is 322 g/mol. The zero-order chi connectivity index (χ0) is 14.2. The third kappa shape index (κ3) is 2.88. The maximum absolute atomic E-state index is 12.2. The number of rotatable bonds is 4. The van der Waals surface area contributed by atoms with Crippen LogP contribution in [0.1, 0.15) is 29.6 Å². The van der Waals surface area contributed by atoms with E-state index in [0.29, 0.717) is 0 Å². The topological polar surface area (TPSA) is 71.4 Å². The summed E-state index contributed by atoms with van der Waals surface area (Å²) in [5, 5.41) is 8.64. The van der Waals surface area contributed by atoms with Crippen LogP contribution < -0.4 is 0 Å². The van der Waals surface area contributed by atoms with Crippen LogP contribution in [0.4, 0.5) is 0 Å². The molecule has 0 unspecified atom stereocenters. The second-order valence-electron chi connectivity index (χ2n) is 4.62. The third-order valence-electron chi connectivity index (χ3n) is 3.28. The maximum Gasteiger partial charge on any atom is 0.338 e. The fourth-order valence-electron chi connectivity index (χ4n) is 2.03. The molecule has 1 aromatic rings. The number of hydrogen-bond donors (Lipinski definition) is 1. The van der Waals surface area contributed by atoms with Gasteiger partial charge in [-0.1, -0.05) is 29.6 Å². The van der Waals surface area contributed by atoms with E-state index in [1.807, 2.05) is 0 Å². The molecule has 0 amide bonds. The lowest BCUT2D eigenvalue weighted by Crippen LogP contribution is -2.22. The van der Waals surface area contributed by atoms with Gasteiger partial charge in [-0.15, -0.1) is 0 Å². The van der Waals surface area contributed by atoms with E-state index in [2.05, 4.69) is 0 Å². The minimum absolute atomic E-state index is 0.00735. The molecular weight excluding hydrogens is 311 g/mol. The van der Waals surface area contributed by atoms with Crippen molar-refractivity contribution >= 4 is 39.0 Å². The molecule has 1 aliphatic rings. The predicted molar refractivity (Wildman–Crippen MR) is 72.8 cm³/mol. The number of carboxylic acid groups (broad SMARTS) is 1. The minimum atomic E-state index is -3.58. The molecule has 1 aliphatic carbocycles. The molecule has 1 fully saturated rings. The van der Waals surface area contributed by atoms with E-state index in [4.69, 9.17) is 28.3 Å². The number of benzene rings is 1. The second-order valence-corrected chi connectivity index (χ2v) is 7.41. The summed E-state index contributed by atoms with van der Waals surface area (Å²) in [6, 6.07) is 2.52. The second kappa shape index (κ2) is 5.31.